The molecule has 0 aliphatic carbocycles. The number of esters is 3. The van der Waals surface area contributed by atoms with Crippen LogP contribution in [0.2, 0.25) is 0 Å². The van der Waals surface area contributed by atoms with E-state index < -0.39 is 6.10 Å². The number of unbranched alkanes of at least 4 members (excludes halogenated alkanes) is 29. The predicted octanol–water partition coefficient (Wildman–Crippen LogP) is 21.3. The Labute approximate surface area is 457 Å². The molecule has 0 amide bonds. The van der Waals surface area contributed by atoms with Gasteiger partial charge in [0.15, 0.2) is 6.10 Å². The predicted molar refractivity (Wildman–Crippen MR) is 320 cm³/mol. The molecule has 0 aliphatic rings. The number of hydrogen-bond acceptors (Lipinski definition) is 6. The summed E-state index contributed by atoms with van der Waals surface area (Å²) in [5.41, 5.74) is 0. The molecule has 0 spiro atoms. The van der Waals surface area contributed by atoms with Crippen LogP contribution in [0.3, 0.4) is 0 Å². The summed E-state index contributed by atoms with van der Waals surface area (Å²) in [6.07, 6.45) is 83.0. The van der Waals surface area contributed by atoms with E-state index in [0.717, 1.165) is 103 Å². The highest BCUT2D eigenvalue weighted by molar-refractivity contribution is 5.71. The second-order valence-electron chi connectivity index (χ2n) is 20.6. The van der Waals surface area contributed by atoms with Gasteiger partial charge in [-0.3, -0.25) is 14.4 Å². The minimum absolute atomic E-state index is 0.0778. The molecule has 1 unspecified atom stereocenters. The molecule has 0 fully saturated rings. The molecular formula is C68H116O6. The number of rotatable bonds is 56. The largest absolute Gasteiger partial charge is 0.462 e. The summed E-state index contributed by atoms with van der Waals surface area (Å²) < 4.78 is 16.8. The van der Waals surface area contributed by atoms with Crippen molar-refractivity contribution in [3.63, 3.8) is 0 Å². The maximum Gasteiger partial charge on any atom is 0.306 e. The number of hydrogen-bond donors (Lipinski definition) is 0. The van der Waals surface area contributed by atoms with Crippen LogP contribution in [-0.4, -0.2) is 37.2 Å². The zero-order chi connectivity index (χ0) is 53.6. The lowest BCUT2D eigenvalue weighted by Gasteiger charge is -2.18. The minimum atomic E-state index is -0.777. The van der Waals surface area contributed by atoms with Gasteiger partial charge in [-0.05, 0) is 103 Å². The molecule has 0 bridgehead atoms. The van der Waals surface area contributed by atoms with Crippen molar-refractivity contribution in [2.75, 3.05) is 13.2 Å². The van der Waals surface area contributed by atoms with Crippen LogP contribution < -0.4 is 0 Å². The van der Waals surface area contributed by atoms with E-state index in [1.165, 1.54) is 154 Å². The van der Waals surface area contributed by atoms with Crippen molar-refractivity contribution in [3.05, 3.63) is 97.2 Å². The van der Waals surface area contributed by atoms with Crippen molar-refractivity contribution in [3.8, 4) is 0 Å². The Bertz CT molecular complexity index is 1460. The van der Waals surface area contributed by atoms with Crippen LogP contribution in [0.25, 0.3) is 0 Å². The molecule has 0 heterocycles. The molecule has 6 nitrogen and oxygen atoms in total. The van der Waals surface area contributed by atoms with Gasteiger partial charge in [0.1, 0.15) is 13.2 Å². The van der Waals surface area contributed by atoms with Gasteiger partial charge in [-0.25, -0.2) is 0 Å². The summed E-state index contributed by atoms with van der Waals surface area (Å²) in [5, 5.41) is 0. The molecule has 0 saturated heterocycles. The first-order valence-corrected chi connectivity index (χ1v) is 31.2. The van der Waals surface area contributed by atoms with Crippen molar-refractivity contribution in [1.29, 1.82) is 0 Å². The summed E-state index contributed by atoms with van der Waals surface area (Å²) in [7, 11) is 0. The molecule has 424 valence electrons. The molecule has 6 heteroatoms. The van der Waals surface area contributed by atoms with Crippen molar-refractivity contribution in [2.45, 2.75) is 303 Å². The number of carbonyl (C=O) groups excluding carboxylic acids is 3. The smallest absolute Gasteiger partial charge is 0.306 e. The molecular weight excluding hydrogens is 913 g/mol. The average Bonchev–Trinajstić information content (AvgIpc) is 3.40. The minimum Gasteiger partial charge on any atom is -0.462 e. The molecule has 74 heavy (non-hydrogen) atoms. The Morgan fingerprint density at radius 2 is 0.527 bits per heavy atom. The van der Waals surface area contributed by atoms with Crippen molar-refractivity contribution >= 4 is 17.9 Å². The van der Waals surface area contributed by atoms with Gasteiger partial charge < -0.3 is 14.2 Å². The highest BCUT2D eigenvalue weighted by Crippen LogP contribution is 2.16. The summed E-state index contributed by atoms with van der Waals surface area (Å²) in [6, 6.07) is 0. The highest BCUT2D eigenvalue weighted by atomic mass is 16.6. The van der Waals surface area contributed by atoms with E-state index in [1.54, 1.807) is 0 Å². The van der Waals surface area contributed by atoms with Gasteiger partial charge in [0, 0.05) is 19.3 Å². The summed E-state index contributed by atoms with van der Waals surface area (Å²) in [6.45, 7) is 6.47. The van der Waals surface area contributed by atoms with Crippen LogP contribution in [0.1, 0.15) is 297 Å². The first-order valence-electron chi connectivity index (χ1n) is 31.2. The molecule has 0 N–H and O–H groups in total. The zero-order valence-electron chi connectivity index (χ0n) is 48.6. The lowest BCUT2D eigenvalue weighted by molar-refractivity contribution is -0.167. The fourth-order valence-corrected chi connectivity index (χ4v) is 8.65. The number of ether oxygens (including phenoxy) is 3. The maximum absolute atomic E-state index is 12.8. The first-order chi connectivity index (χ1) is 36.5. The quantitative estimate of drug-likeness (QED) is 0.0261. The van der Waals surface area contributed by atoms with Crippen LogP contribution in [0.15, 0.2) is 97.2 Å². The van der Waals surface area contributed by atoms with Crippen LogP contribution in [0.5, 0.6) is 0 Å². The molecule has 0 aliphatic heterocycles. The first kappa shape index (κ1) is 70.3. The third kappa shape index (κ3) is 59.2. The maximum atomic E-state index is 12.8. The van der Waals surface area contributed by atoms with Gasteiger partial charge in [-0.15, -0.1) is 0 Å². The highest BCUT2D eigenvalue weighted by Gasteiger charge is 2.19. The lowest BCUT2D eigenvalue weighted by atomic mass is 10.0. The van der Waals surface area contributed by atoms with Crippen LogP contribution >= 0.6 is 0 Å². The Hall–Kier alpha value is -3.67. The third-order valence-corrected chi connectivity index (χ3v) is 13.3. The summed E-state index contributed by atoms with van der Waals surface area (Å²) in [4.78, 5) is 37.9. The van der Waals surface area contributed by atoms with Gasteiger partial charge in [0.05, 0.1) is 0 Å². The van der Waals surface area contributed by atoms with Gasteiger partial charge in [-0.1, -0.05) is 272 Å². The fourth-order valence-electron chi connectivity index (χ4n) is 8.65. The molecule has 0 rings (SSSR count). The van der Waals surface area contributed by atoms with E-state index in [4.69, 9.17) is 14.2 Å². The molecule has 0 saturated carbocycles. The van der Waals surface area contributed by atoms with Crippen LogP contribution in [0.4, 0.5) is 0 Å². The second-order valence-corrected chi connectivity index (χ2v) is 20.6. The fraction of sp³-hybridized carbons (Fsp3) is 0.721. The third-order valence-electron chi connectivity index (χ3n) is 13.3. The Balaban J connectivity index is 4.06. The van der Waals surface area contributed by atoms with Crippen molar-refractivity contribution in [2.24, 2.45) is 0 Å². The summed E-state index contributed by atoms with van der Waals surface area (Å²) >= 11 is 0. The van der Waals surface area contributed by atoms with Gasteiger partial charge in [-0.2, -0.15) is 0 Å². The van der Waals surface area contributed by atoms with E-state index in [0.29, 0.717) is 19.3 Å². The standard InChI is InChI=1S/C68H116O6/c1-4-7-10-13-16-18-20-22-24-26-27-28-29-30-31-32-33-34-35-36-37-38-39-40-41-43-44-46-48-50-52-55-58-61-67(70)73-64-65(63-72-66(69)60-57-54-15-12-9-6-3)74-68(71)62-59-56-53-51-49-47-45-42-25-23-21-19-17-14-11-8-5-2/h7,10,16,18,22-25,27-28,30-31,33-34,36-37,65H,4-6,8-9,11-15,17,19-21,26,29,32,35,38-64H2,1-3H3/b10-7-,18-16-,24-22-,25-23-,28-27-,31-30-,34-33-,37-36-. The van der Waals surface area contributed by atoms with Crippen molar-refractivity contribution < 1.29 is 28.6 Å². The van der Waals surface area contributed by atoms with E-state index in [9.17, 15) is 14.4 Å². The van der Waals surface area contributed by atoms with Crippen molar-refractivity contribution in [1.82, 2.24) is 0 Å². The number of allylic oxidation sites excluding steroid dienone is 16. The van der Waals surface area contributed by atoms with E-state index >= 15 is 0 Å². The molecule has 0 aromatic carbocycles. The van der Waals surface area contributed by atoms with Crippen LogP contribution in [0, 0.1) is 0 Å². The Morgan fingerprint density at radius 3 is 0.838 bits per heavy atom. The van der Waals surface area contributed by atoms with Gasteiger partial charge in [0.25, 0.3) is 0 Å². The Kier molecular flexibility index (Phi) is 58.8. The Morgan fingerprint density at radius 1 is 0.284 bits per heavy atom. The second kappa shape index (κ2) is 61.9. The molecule has 0 radical (unpaired) electrons. The van der Waals surface area contributed by atoms with Gasteiger partial charge in [0.2, 0.25) is 0 Å². The van der Waals surface area contributed by atoms with E-state index in [2.05, 4.69) is 118 Å². The number of carbonyl (C=O) groups is 3. The zero-order valence-corrected chi connectivity index (χ0v) is 48.6. The lowest BCUT2D eigenvalue weighted by Crippen LogP contribution is -2.30. The van der Waals surface area contributed by atoms with Gasteiger partial charge >= 0.3 is 17.9 Å². The topological polar surface area (TPSA) is 78.9 Å². The molecule has 1 atom stereocenters. The molecule has 0 aromatic heterocycles. The summed E-state index contributed by atoms with van der Waals surface area (Å²) in [5.74, 6) is -0.888. The van der Waals surface area contributed by atoms with Crippen LogP contribution in [-0.2, 0) is 28.6 Å². The normalized spacial score (nSPS) is 12.7. The monoisotopic (exact) mass is 1030 g/mol. The SMILES string of the molecule is CC/C=C\C/C=C\C/C=C\C/C=C\C/C=C\C/C=C\C/C=C\CCCCCCCCCCCCCC(=O)OCC(COC(=O)CCCCCCCC)OC(=O)CCCCCCCCC/C=C\CCCCCCCC. The van der Waals surface area contributed by atoms with E-state index in [1.807, 2.05) is 0 Å². The van der Waals surface area contributed by atoms with E-state index in [-0.39, 0.29) is 31.1 Å². The average molecular weight is 1030 g/mol. The molecule has 0 aromatic rings.